The Morgan fingerprint density at radius 2 is 0.821 bits per heavy atom. The van der Waals surface area contributed by atoms with E-state index in [1.807, 2.05) is 69.0 Å². The van der Waals surface area contributed by atoms with E-state index < -0.39 is 15.8 Å². The Bertz CT molecular complexity index is 2730. The number of ether oxygens (including phenoxy) is 2. The molecule has 84 heavy (non-hydrogen) atoms. The predicted octanol–water partition coefficient (Wildman–Crippen LogP) is 13.7. The molecule has 470 valence electrons. The number of piperazine rings is 3. The van der Waals surface area contributed by atoms with Gasteiger partial charge in [0.15, 0.2) is 0 Å². The summed E-state index contributed by atoms with van der Waals surface area (Å²) in [7, 11) is -0.229. The monoisotopic (exact) mass is 1210 g/mol. The van der Waals surface area contributed by atoms with Gasteiger partial charge in [0.1, 0.15) is 17.2 Å². The molecule has 3 aliphatic heterocycles. The summed E-state index contributed by atoms with van der Waals surface area (Å²) in [4.78, 5) is 35.2. The molecule has 3 aromatic carbocycles. The molecule has 0 spiro atoms. The zero-order chi connectivity index (χ0) is 63.0. The highest BCUT2D eigenvalue weighted by atomic mass is 35.5. The highest BCUT2D eigenvalue weighted by Gasteiger charge is 2.36. The van der Waals surface area contributed by atoms with E-state index in [0.717, 1.165) is 61.6 Å². The Balaban J connectivity index is 0.000000270. The average molecular weight is 1210 g/mol. The Kier molecular flexibility index (Phi) is 27.2. The Morgan fingerprint density at radius 3 is 1.11 bits per heavy atom. The van der Waals surface area contributed by atoms with Crippen LogP contribution in [0.1, 0.15) is 147 Å². The van der Waals surface area contributed by atoms with Crippen LogP contribution in [0.5, 0.6) is 0 Å². The highest BCUT2D eigenvalue weighted by Crippen LogP contribution is 2.35. The summed E-state index contributed by atoms with van der Waals surface area (Å²) in [6.45, 7) is 42.5. The molecule has 0 N–H and O–H groups in total. The maximum absolute atomic E-state index is 13.3. The van der Waals surface area contributed by atoms with Gasteiger partial charge in [-0.1, -0.05) is 124 Å². The second-order valence-corrected chi connectivity index (χ2v) is 29.2. The van der Waals surface area contributed by atoms with Crippen molar-refractivity contribution in [3.05, 3.63) is 141 Å². The standard InChI is InChI=1S/C24H37ClN2O2.C22H33FN2O2.C21H34FN3O2S/c1-18(2)16-21(17-24(6,7)19-8-10-20(25)11-9-19)26-12-14-27(15-13-26)22(28)29-23(3,4)5;1-6-27-21(26)25-13-11-24(12-14-25)20(15-17(2)3)16-22(4,5)18-7-9-19(23)10-8-18;1-17(2)15-20(16-21(3,4)18-7-9-19(22)10-8-18)24-11-13-25(14-12-24)28(26,27)23(5)6/h8-11,16,21H,12-15,17H2,1-7H3;7-10,15,20H,6,11-14,16H2,1-5H3;7-10,15,20H,11-14,16H2,1-6H3. The van der Waals surface area contributed by atoms with Crippen molar-refractivity contribution in [2.75, 3.05) is 99.2 Å². The predicted molar refractivity (Wildman–Crippen MR) is 342 cm³/mol. The molecule has 3 aliphatic rings. The fraction of sp³-hybridized carbons (Fsp3) is 0.612. The maximum atomic E-state index is 13.3. The second-order valence-electron chi connectivity index (χ2n) is 26.7. The topological polar surface area (TPSA) is 109 Å². The summed E-state index contributed by atoms with van der Waals surface area (Å²) in [6.07, 6.45) is 9.33. The van der Waals surface area contributed by atoms with E-state index in [1.54, 1.807) is 23.3 Å². The molecule has 17 heteroatoms. The van der Waals surface area contributed by atoms with Crippen LogP contribution in [0.2, 0.25) is 5.02 Å². The molecule has 3 fully saturated rings. The largest absolute Gasteiger partial charge is 0.450 e. The van der Waals surface area contributed by atoms with Crippen molar-refractivity contribution in [1.82, 2.24) is 33.1 Å². The van der Waals surface area contributed by atoms with Crippen LogP contribution in [0.4, 0.5) is 18.4 Å². The summed E-state index contributed by atoms with van der Waals surface area (Å²) in [6, 6.07) is 22.6. The quantitative estimate of drug-likeness (QED) is 0.115. The van der Waals surface area contributed by atoms with Crippen molar-refractivity contribution in [3.63, 3.8) is 0 Å². The zero-order valence-electron chi connectivity index (χ0n) is 54.3. The van der Waals surface area contributed by atoms with Crippen molar-refractivity contribution < 1.29 is 36.3 Å². The lowest BCUT2D eigenvalue weighted by Gasteiger charge is -2.41. The minimum atomic E-state index is -3.37. The lowest BCUT2D eigenvalue weighted by Crippen LogP contribution is -2.54. The van der Waals surface area contributed by atoms with E-state index in [1.165, 1.54) is 50.9 Å². The van der Waals surface area contributed by atoms with E-state index >= 15 is 0 Å². The van der Waals surface area contributed by atoms with Crippen molar-refractivity contribution in [1.29, 1.82) is 0 Å². The van der Waals surface area contributed by atoms with Gasteiger partial charge >= 0.3 is 12.2 Å². The minimum Gasteiger partial charge on any atom is -0.450 e. The van der Waals surface area contributed by atoms with Crippen LogP contribution >= 0.6 is 11.6 Å². The van der Waals surface area contributed by atoms with E-state index in [9.17, 15) is 26.8 Å². The molecular formula is C67H104ClF2N7O6S. The Hall–Kier alpha value is -4.68. The fourth-order valence-electron chi connectivity index (χ4n) is 11.2. The fourth-order valence-corrected chi connectivity index (χ4v) is 12.4. The molecule has 3 heterocycles. The van der Waals surface area contributed by atoms with Crippen LogP contribution in [0.3, 0.4) is 0 Å². The van der Waals surface area contributed by atoms with Crippen molar-refractivity contribution >= 4 is 34.0 Å². The van der Waals surface area contributed by atoms with Crippen LogP contribution in [-0.2, 0) is 35.9 Å². The Labute approximate surface area is 511 Å². The summed E-state index contributed by atoms with van der Waals surface area (Å²) in [5.41, 5.74) is 6.73. The van der Waals surface area contributed by atoms with Gasteiger partial charge in [0.2, 0.25) is 0 Å². The third-order valence-electron chi connectivity index (χ3n) is 15.9. The molecule has 2 amide bonds. The van der Waals surface area contributed by atoms with E-state index in [2.05, 4.69) is 128 Å². The summed E-state index contributed by atoms with van der Waals surface area (Å²) in [5, 5.41) is 0.767. The SMILES string of the molecule is CC(C)=CC(CC(C)(C)c1ccc(Cl)cc1)N1CCN(C(=O)OC(C)(C)C)CC1.CC(C)=CC(CC(C)(C)c1ccc(F)cc1)N1CCN(S(=O)(=O)N(C)C)CC1.CCOC(=O)N1CCN(C(C=C(C)C)CC(C)(C)c2ccc(F)cc2)CC1. The van der Waals surface area contributed by atoms with Crippen LogP contribution in [0.25, 0.3) is 0 Å². The molecule has 0 bridgehead atoms. The lowest BCUT2D eigenvalue weighted by molar-refractivity contribution is 0.0112. The van der Waals surface area contributed by atoms with E-state index in [4.69, 9.17) is 21.1 Å². The van der Waals surface area contributed by atoms with Crippen LogP contribution in [0, 0.1) is 11.6 Å². The number of hydrogen-bond donors (Lipinski definition) is 0. The second kappa shape index (κ2) is 31.8. The number of carbonyl (C=O) groups is 2. The summed E-state index contributed by atoms with van der Waals surface area (Å²) >= 11 is 6.08. The van der Waals surface area contributed by atoms with E-state index in [-0.39, 0.29) is 52.1 Å². The van der Waals surface area contributed by atoms with Crippen molar-refractivity contribution in [2.45, 2.75) is 170 Å². The number of amides is 2. The normalized spacial score (nSPS) is 17.4. The van der Waals surface area contributed by atoms with Gasteiger partial charge in [-0.2, -0.15) is 17.0 Å². The van der Waals surface area contributed by atoms with Crippen LogP contribution in [-0.4, -0.2) is 177 Å². The molecule has 3 atom stereocenters. The number of nitrogens with zero attached hydrogens (tertiary/aromatic N) is 7. The highest BCUT2D eigenvalue weighted by molar-refractivity contribution is 7.86. The average Bonchev–Trinajstić information content (AvgIpc) is 2.40. The summed E-state index contributed by atoms with van der Waals surface area (Å²) in [5.74, 6) is -0.427. The first-order valence-electron chi connectivity index (χ1n) is 30.1. The van der Waals surface area contributed by atoms with E-state index in [0.29, 0.717) is 65.0 Å². The molecule has 0 saturated carbocycles. The van der Waals surface area contributed by atoms with Gasteiger partial charge < -0.3 is 19.3 Å². The van der Waals surface area contributed by atoms with Gasteiger partial charge in [-0.25, -0.2) is 18.4 Å². The molecule has 3 unspecified atom stereocenters. The van der Waals surface area contributed by atoms with Crippen molar-refractivity contribution in [3.8, 4) is 0 Å². The molecule has 0 aliphatic carbocycles. The molecular weight excluding hydrogens is 1100 g/mol. The molecule has 13 nitrogen and oxygen atoms in total. The first-order chi connectivity index (χ1) is 39.0. The first-order valence-corrected chi connectivity index (χ1v) is 31.8. The van der Waals surface area contributed by atoms with Gasteiger partial charge in [-0.3, -0.25) is 14.7 Å². The van der Waals surface area contributed by atoms with Crippen molar-refractivity contribution in [2.24, 2.45) is 0 Å². The zero-order valence-corrected chi connectivity index (χ0v) is 55.9. The molecule has 0 aromatic heterocycles. The van der Waals surface area contributed by atoms with Gasteiger partial charge in [-0.05, 0) is 158 Å². The van der Waals surface area contributed by atoms with Gasteiger partial charge in [0.25, 0.3) is 10.2 Å². The Morgan fingerprint density at radius 1 is 0.524 bits per heavy atom. The van der Waals surface area contributed by atoms with Gasteiger partial charge in [-0.15, -0.1) is 0 Å². The molecule has 3 aromatic rings. The van der Waals surface area contributed by atoms with Gasteiger partial charge in [0.05, 0.1) is 6.61 Å². The van der Waals surface area contributed by atoms with Crippen LogP contribution < -0.4 is 0 Å². The number of benzene rings is 3. The molecule has 6 rings (SSSR count). The first kappa shape index (κ1) is 71.8. The number of rotatable bonds is 18. The number of carbonyl (C=O) groups excluding carboxylic acids is 2. The minimum absolute atomic E-state index is 0.0174. The third-order valence-corrected chi connectivity index (χ3v) is 18.1. The lowest BCUT2D eigenvalue weighted by atomic mass is 9.78. The molecule has 0 radical (unpaired) electrons. The maximum Gasteiger partial charge on any atom is 0.410 e. The molecule has 3 saturated heterocycles. The number of allylic oxidation sites excluding steroid dienone is 3. The summed E-state index contributed by atoms with van der Waals surface area (Å²) < 4.78 is 64.8. The van der Waals surface area contributed by atoms with Crippen LogP contribution in [0.15, 0.2) is 108 Å². The third kappa shape index (κ3) is 22.9. The number of halogens is 3. The number of hydrogen-bond acceptors (Lipinski definition) is 9. The smallest absolute Gasteiger partial charge is 0.410 e. The van der Waals surface area contributed by atoms with Gasteiger partial charge in [0, 0.05) is 116 Å².